The summed E-state index contributed by atoms with van der Waals surface area (Å²) in [6.45, 7) is 0.454. The maximum atomic E-state index is 12.3. The number of hydrogen-bond donors (Lipinski definition) is 0. The lowest BCUT2D eigenvalue weighted by Gasteiger charge is -2.09. The normalized spacial score (nSPS) is 14.5. The molecular weight excluding hydrogens is 466 g/mol. The first-order valence-corrected chi connectivity index (χ1v) is 10.9. The lowest BCUT2D eigenvalue weighted by Crippen LogP contribution is -2.05. The van der Waals surface area contributed by atoms with E-state index in [9.17, 15) is 4.79 Å². The summed E-state index contributed by atoms with van der Waals surface area (Å²) in [5.41, 5.74) is 2.94. The van der Waals surface area contributed by atoms with E-state index in [0.29, 0.717) is 12.5 Å². The molecule has 0 saturated heterocycles. The predicted octanol–water partition coefficient (Wildman–Crippen LogP) is 6.53. The Bertz CT molecular complexity index is 1370. The van der Waals surface area contributed by atoms with Crippen LogP contribution in [0.1, 0.15) is 16.7 Å². The first-order valence-electron chi connectivity index (χ1n) is 10.1. The van der Waals surface area contributed by atoms with Crippen molar-refractivity contribution in [2.75, 3.05) is 0 Å². The van der Waals surface area contributed by atoms with E-state index in [-0.39, 0.29) is 5.70 Å². The molecule has 0 saturated carbocycles. The second kappa shape index (κ2) is 8.81. The Morgan fingerprint density at radius 2 is 1.69 bits per heavy atom. The maximum absolute atomic E-state index is 12.3. The van der Waals surface area contributed by atoms with Crippen LogP contribution in [0.4, 0.5) is 0 Å². The number of halogens is 1. The number of rotatable bonds is 5. The topological polar surface area (TPSA) is 47.9 Å². The van der Waals surface area contributed by atoms with Gasteiger partial charge in [0, 0.05) is 10.0 Å². The minimum absolute atomic E-state index is 0.258. The minimum Gasteiger partial charge on any atom is -0.489 e. The number of cyclic esters (lactones) is 1. The van der Waals surface area contributed by atoms with E-state index in [0.717, 1.165) is 26.9 Å². The highest BCUT2D eigenvalue weighted by Crippen LogP contribution is 2.24. The number of esters is 1. The Morgan fingerprint density at radius 3 is 2.56 bits per heavy atom. The first kappa shape index (κ1) is 20.2. The van der Waals surface area contributed by atoms with Crippen molar-refractivity contribution in [3.63, 3.8) is 0 Å². The van der Waals surface area contributed by atoms with Gasteiger partial charge in [-0.05, 0) is 64.4 Å². The van der Waals surface area contributed by atoms with Gasteiger partial charge in [0.2, 0.25) is 5.90 Å². The molecule has 156 valence electrons. The summed E-state index contributed by atoms with van der Waals surface area (Å²) in [6, 6.07) is 29.5. The van der Waals surface area contributed by atoms with Gasteiger partial charge in [0.25, 0.3) is 0 Å². The quantitative estimate of drug-likeness (QED) is 0.239. The van der Waals surface area contributed by atoms with Crippen molar-refractivity contribution in [1.29, 1.82) is 0 Å². The third-order valence-corrected chi connectivity index (χ3v) is 5.68. The molecule has 4 nitrogen and oxygen atoms in total. The van der Waals surface area contributed by atoms with Gasteiger partial charge in [-0.3, -0.25) is 0 Å². The van der Waals surface area contributed by atoms with Crippen molar-refractivity contribution in [1.82, 2.24) is 0 Å². The van der Waals surface area contributed by atoms with E-state index >= 15 is 0 Å². The Hall–Kier alpha value is -3.70. The highest BCUT2D eigenvalue weighted by Gasteiger charge is 2.24. The number of aliphatic imine (C=N–C) groups is 1. The highest BCUT2D eigenvalue weighted by atomic mass is 79.9. The van der Waals surface area contributed by atoms with Crippen LogP contribution in [0.2, 0.25) is 0 Å². The van der Waals surface area contributed by atoms with Crippen LogP contribution >= 0.6 is 15.9 Å². The zero-order valence-corrected chi connectivity index (χ0v) is 18.6. The smallest absolute Gasteiger partial charge is 0.363 e. The average molecular weight is 484 g/mol. The summed E-state index contributed by atoms with van der Waals surface area (Å²) >= 11 is 3.40. The minimum atomic E-state index is -0.468. The molecule has 0 unspecified atom stereocenters. The molecule has 0 N–H and O–H groups in total. The van der Waals surface area contributed by atoms with E-state index in [1.807, 2.05) is 66.7 Å². The van der Waals surface area contributed by atoms with Crippen LogP contribution in [-0.2, 0) is 16.1 Å². The standard InChI is InChI=1S/C27H18BrNO3/c28-22-13-11-20(12-14-22)26-29-25(27(30)32-26)16-18-5-3-9-23(15-18)31-17-21-8-4-7-19-6-1-2-10-24(19)21/h1-16H,17H2/b25-16+. The van der Waals surface area contributed by atoms with Crippen LogP contribution in [0.5, 0.6) is 5.75 Å². The molecule has 1 aliphatic rings. The second-order valence-electron chi connectivity index (χ2n) is 7.34. The molecule has 0 aliphatic carbocycles. The molecule has 0 radical (unpaired) electrons. The van der Waals surface area contributed by atoms with Crippen molar-refractivity contribution in [3.05, 3.63) is 118 Å². The molecule has 4 aromatic rings. The van der Waals surface area contributed by atoms with E-state index in [1.165, 1.54) is 10.8 Å². The molecule has 0 fully saturated rings. The largest absolute Gasteiger partial charge is 0.489 e. The summed E-state index contributed by atoms with van der Waals surface area (Å²) in [7, 11) is 0. The van der Waals surface area contributed by atoms with Crippen LogP contribution < -0.4 is 4.74 Å². The predicted molar refractivity (Wildman–Crippen MR) is 129 cm³/mol. The fourth-order valence-electron chi connectivity index (χ4n) is 3.56. The number of carbonyl (C=O) groups is 1. The van der Waals surface area contributed by atoms with E-state index in [2.05, 4.69) is 45.2 Å². The molecular formula is C27H18BrNO3. The highest BCUT2D eigenvalue weighted by molar-refractivity contribution is 9.10. The molecule has 0 atom stereocenters. The van der Waals surface area contributed by atoms with Crippen LogP contribution in [0, 0.1) is 0 Å². The van der Waals surface area contributed by atoms with Crippen molar-refractivity contribution in [2.24, 2.45) is 4.99 Å². The zero-order valence-electron chi connectivity index (χ0n) is 17.0. The average Bonchev–Trinajstić information content (AvgIpc) is 3.18. The Labute approximate surface area is 194 Å². The van der Waals surface area contributed by atoms with Crippen molar-refractivity contribution >= 4 is 44.6 Å². The maximum Gasteiger partial charge on any atom is 0.363 e. The fourth-order valence-corrected chi connectivity index (χ4v) is 3.82. The number of hydrogen-bond acceptors (Lipinski definition) is 4. The molecule has 32 heavy (non-hydrogen) atoms. The Balaban J connectivity index is 1.35. The van der Waals surface area contributed by atoms with Gasteiger partial charge in [0.1, 0.15) is 12.4 Å². The first-order chi connectivity index (χ1) is 15.7. The van der Waals surface area contributed by atoms with Gasteiger partial charge < -0.3 is 9.47 Å². The van der Waals surface area contributed by atoms with Gasteiger partial charge in [0.05, 0.1) is 0 Å². The van der Waals surface area contributed by atoms with Crippen LogP contribution in [-0.4, -0.2) is 11.9 Å². The van der Waals surface area contributed by atoms with Crippen molar-refractivity contribution < 1.29 is 14.3 Å². The second-order valence-corrected chi connectivity index (χ2v) is 8.26. The SMILES string of the molecule is O=C1OC(c2ccc(Br)cc2)=N/C1=C/c1cccc(OCc2cccc3ccccc23)c1. The molecule has 5 heteroatoms. The van der Waals surface area contributed by atoms with Crippen molar-refractivity contribution in [2.45, 2.75) is 6.61 Å². The third-order valence-electron chi connectivity index (χ3n) is 5.15. The van der Waals surface area contributed by atoms with Gasteiger partial charge >= 0.3 is 5.97 Å². The monoisotopic (exact) mass is 483 g/mol. The Kier molecular flexibility index (Phi) is 5.57. The lowest BCUT2D eigenvalue weighted by atomic mass is 10.1. The van der Waals surface area contributed by atoms with Gasteiger partial charge in [-0.1, -0.05) is 70.5 Å². The van der Waals surface area contributed by atoms with Crippen molar-refractivity contribution in [3.8, 4) is 5.75 Å². The fraction of sp³-hybridized carbons (Fsp3) is 0.0370. The van der Waals surface area contributed by atoms with E-state index in [1.54, 1.807) is 6.08 Å². The molecule has 5 rings (SSSR count). The number of ether oxygens (including phenoxy) is 2. The summed E-state index contributed by atoms with van der Waals surface area (Å²) in [4.78, 5) is 16.7. The third kappa shape index (κ3) is 4.34. The number of fused-ring (bicyclic) bond motifs is 1. The Morgan fingerprint density at radius 1 is 0.906 bits per heavy atom. The molecule has 0 aromatic heterocycles. The summed E-state index contributed by atoms with van der Waals surface area (Å²) < 4.78 is 12.3. The summed E-state index contributed by atoms with van der Waals surface area (Å²) in [5.74, 6) is 0.554. The molecule has 0 amide bonds. The van der Waals surface area contributed by atoms with Crippen LogP contribution in [0.15, 0.2) is 106 Å². The lowest BCUT2D eigenvalue weighted by molar-refractivity contribution is -0.129. The van der Waals surface area contributed by atoms with Gasteiger partial charge in [-0.25, -0.2) is 9.79 Å². The molecule has 0 spiro atoms. The zero-order chi connectivity index (χ0) is 21.9. The van der Waals surface area contributed by atoms with Crippen LogP contribution in [0.25, 0.3) is 16.8 Å². The van der Waals surface area contributed by atoms with Gasteiger partial charge in [-0.2, -0.15) is 0 Å². The molecule has 1 heterocycles. The van der Waals surface area contributed by atoms with Gasteiger partial charge in [0.15, 0.2) is 5.70 Å². The summed E-state index contributed by atoms with van der Waals surface area (Å²) in [5, 5.41) is 2.36. The molecule has 1 aliphatic heterocycles. The van der Waals surface area contributed by atoms with Crippen LogP contribution in [0.3, 0.4) is 0 Å². The van der Waals surface area contributed by atoms with Gasteiger partial charge in [-0.15, -0.1) is 0 Å². The summed E-state index contributed by atoms with van der Waals surface area (Å²) in [6.07, 6.45) is 1.71. The number of carbonyl (C=O) groups excluding carboxylic acids is 1. The molecule has 0 bridgehead atoms. The van der Waals surface area contributed by atoms with E-state index in [4.69, 9.17) is 9.47 Å². The number of benzene rings is 4. The molecule has 4 aromatic carbocycles. The number of nitrogens with zero attached hydrogens (tertiary/aromatic N) is 1. The van der Waals surface area contributed by atoms with E-state index < -0.39 is 5.97 Å².